The third-order valence-electron chi connectivity index (χ3n) is 8.77. The van der Waals surface area contributed by atoms with Crippen molar-refractivity contribution in [2.24, 2.45) is 0 Å². The van der Waals surface area contributed by atoms with Crippen LogP contribution in [-0.2, 0) is 30.6 Å². The van der Waals surface area contributed by atoms with Crippen LogP contribution in [0, 0.1) is 0 Å². The standard InChI is InChI=1S/C36H41N5O3/c1-43-29-19-18-28(33(23-29)44-2)24-41-34(20-15-25-10-4-3-5-11-25)39-40-35(41)32(38-36(42)31-14-8-9-21-37-31)22-27-17-16-26-12-6-7-13-30(26)27/h3-7,10-13,17-19,23,31-32,37H,8-9,14-16,20-22,24H2,1-2H3,(H,38,42)/t31?,32-/m1/s1. The second kappa shape index (κ2) is 13.9. The zero-order valence-corrected chi connectivity index (χ0v) is 25.6. The molecule has 1 aromatic heterocycles. The summed E-state index contributed by atoms with van der Waals surface area (Å²) in [5, 5.41) is 16.3. The summed E-state index contributed by atoms with van der Waals surface area (Å²) in [7, 11) is 3.32. The number of benzene rings is 3. The van der Waals surface area contributed by atoms with Crippen molar-refractivity contribution in [2.75, 3.05) is 20.8 Å². The third kappa shape index (κ3) is 6.70. The van der Waals surface area contributed by atoms with Crippen LogP contribution in [0.1, 0.15) is 65.6 Å². The Balaban J connectivity index is 1.37. The van der Waals surface area contributed by atoms with Crippen molar-refractivity contribution in [3.05, 3.63) is 113 Å². The highest BCUT2D eigenvalue weighted by atomic mass is 16.5. The highest BCUT2D eigenvalue weighted by Crippen LogP contribution is 2.35. The van der Waals surface area contributed by atoms with E-state index >= 15 is 0 Å². The summed E-state index contributed by atoms with van der Waals surface area (Å²) in [6, 6.07) is 24.3. The number of aromatic nitrogens is 3. The van der Waals surface area contributed by atoms with E-state index in [-0.39, 0.29) is 18.0 Å². The Bertz CT molecular complexity index is 1610. The number of amides is 1. The van der Waals surface area contributed by atoms with Crippen LogP contribution in [0.15, 0.2) is 78.9 Å². The molecule has 228 valence electrons. The predicted octanol–water partition coefficient (Wildman–Crippen LogP) is 5.46. The van der Waals surface area contributed by atoms with Gasteiger partial charge in [-0.25, -0.2) is 0 Å². The minimum absolute atomic E-state index is 0.0176. The molecule has 1 aliphatic heterocycles. The lowest BCUT2D eigenvalue weighted by Gasteiger charge is -2.27. The number of fused-ring (bicyclic) bond motifs is 1. The summed E-state index contributed by atoms with van der Waals surface area (Å²) in [4.78, 5) is 13.7. The van der Waals surface area contributed by atoms with E-state index in [1.165, 1.54) is 22.3 Å². The highest BCUT2D eigenvalue weighted by molar-refractivity contribution is 5.83. The summed E-state index contributed by atoms with van der Waals surface area (Å²) >= 11 is 0. The second-order valence-corrected chi connectivity index (χ2v) is 11.6. The Labute approximate surface area is 259 Å². The van der Waals surface area contributed by atoms with Gasteiger partial charge < -0.3 is 24.7 Å². The fourth-order valence-electron chi connectivity index (χ4n) is 6.34. The van der Waals surface area contributed by atoms with Gasteiger partial charge in [0.25, 0.3) is 0 Å². The lowest BCUT2D eigenvalue weighted by atomic mass is 9.98. The van der Waals surface area contributed by atoms with Gasteiger partial charge >= 0.3 is 0 Å². The number of nitrogens with one attached hydrogen (secondary N) is 2. The van der Waals surface area contributed by atoms with Crippen LogP contribution in [0.3, 0.4) is 0 Å². The largest absolute Gasteiger partial charge is 0.497 e. The number of rotatable bonds is 12. The molecular weight excluding hydrogens is 550 g/mol. The van der Waals surface area contributed by atoms with E-state index in [1.807, 2.05) is 24.3 Å². The van der Waals surface area contributed by atoms with Gasteiger partial charge in [0.15, 0.2) is 5.82 Å². The van der Waals surface area contributed by atoms with Crippen LogP contribution >= 0.6 is 0 Å². The van der Waals surface area contributed by atoms with Crippen LogP contribution in [0.5, 0.6) is 11.5 Å². The molecule has 2 aliphatic rings. The van der Waals surface area contributed by atoms with Crippen LogP contribution in [0.2, 0.25) is 0 Å². The van der Waals surface area contributed by atoms with Gasteiger partial charge in [0.1, 0.15) is 17.3 Å². The molecule has 2 N–H and O–H groups in total. The molecule has 1 unspecified atom stereocenters. The minimum atomic E-state index is -0.356. The number of hydrogen-bond donors (Lipinski definition) is 2. The molecule has 0 bridgehead atoms. The summed E-state index contributed by atoms with van der Waals surface area (Å²) in [6.45, 7) is 1.36. The molecule has 8 nitrogen and oxygen atoms in total. The van der Waals surface area contributed by atoms with Gasteiger partial charge in [-0.15, -0.1) is 10.2 Å². The molecule has 0 radical (unpaired) electrons. The van der Waals surface area contributed by atoms with Gasteiger partial charge in [0.05, 0.1) is 32.8 Å². The summed E-state index contributed by atoms with van der Waals surface area (Å²) in [5.41, 5.74) is 6.01. The fraction of sp³-hybridized carbons (Fsp3) is 0.361. The van der Waals surface area contributed by atoms with E-state index in [2.05, 4.69) is 69.8 Å². The Morgan fingerprint density at radius 1 is 1.00 bits per heavy atom. The number of ether oxygens (including phenoxy) is 2. The number of allylic oxidation sites excluding steroid dienone is 1. The third-order valence-corrected chi connectivity index (χ3v) is 8.77. The molecule has 3 aromatic carbocycles. The Morgan fingerprint density at radius 2 is 1.84 bits per heavy atom. The fourth-order valence-corrected chi connectivity index (χ4v) is 6.34. The SMILES string of the molecule is COc1ccc(Cn2c(CCc3ccccc3)nnc2[C@@H](CC2=CCc3ccccc32)NC(=O)C2CCCCN2)c(OC)c1. The topological polar surface area (TPSA) is 90.3 Å². The zero-order valence-electron chi connectivity index (χ0n) is 25.6. The maximum Gasteiger partial charge on any atom is 0.237 e. The van der Waals surface area contributed by atoms with Crippen LogP contribution in [0.4, 0.5) is 0 Å². The van der Waals surface area contributed by atoms with Gasteiger partial charge in [-0.05, 0) is 66.6 Å². The Morgan fingerprint density at radius 3 is 2.64 bits per heavy atom. The van der Waals surface area contributed by atoms with Crippen molar-refractivity contribution < 1.29 is 14.3 Å². The molecule has 1 aliphatic carbocycles. The number of methoxy groups -OCH3 is 2. The van der Waals surface area contributed by atoms with Crippen LogP contribution < -0.4 is 20.1 Å². The summed E-state index contributed by atoms with van der Waals surface area (Å²) < 4.78 is 13.4. The molecule has 1 fully saturated rings. The molecule has 2 heterocycles. The number of aryl methyl sites for hydroxylation is 2. The van der Waals surface area contributed by atoms with E-state index in [4.69, 9.17) is 19.7 Å². The number of carbonyl (C=O) groups is 1. The molecule has 0 saturated carbocycles. The molecule has 1 amide bonds. The van der Waals surface area contributed by atoms with Crippen molar-refractivity contribution in [2.45, 2.75) is 63.6 Å². The Kier molecular flexibility index (Phi) is 9.37. The number of nitrogens with zero attached hydrogens (tertiary/aromatic N) is 3. The maximum absolute atomic E-state index is 13.7. The maximum atomic E-state index is 13.7. The quantitative estimate of drug-likeness (QED) is 0.228. The average Bonchev–Trinajstić information content (AvgIpc) is 3.68. The molecule has 44 heavy (non-hydrogen) atoms. The van der Waals surface area contributed by atoms with Crippen LogP contribution in [-0.4, -0.2) is 47.5 Å². The summed E-state index contributed by atoms with van der Waals surface area (Å²) in [6.07, 6.45) is 8.34. The normalized spacial score (nSPS) is 16.6. The first kappa shape index (κ1) is 29.6. The lowest BCUT2D eigenvalue weighted by molar-refractivity contribution is -0.124. The molecule has 8 heteroatoms. The molecule has 2 atom stereocenters. The van der Waals surface area contributed by atoms with Gasteiger partial charge in [-0.3, -0.25) is 4.79 Å². The van der Waals surface area contributed by atoms with Crippen molar-refractivity contribution in [3.8, 4) is 11.5 Å². The lowest BCUT2D eigenvalue weighted by Crippen LogP contribution is -2.48. The second-order valence-electron chi connectivity index (χ2n) is 11.6. The van der Waals surface area contributed by atoms with Crippen molar-refractivity contribution in [3.63, 3.8) is 0 Å². The van der Waals surface area contributed by atoms with Crippen molar-refractivity contribution in [1.29, 1.82) is 0 Å². The summed E-state index contributed by atoms with van der Waals surface area (Å²) in [5.74, 6) is 3.11. The Hall–Kier alpha value is -4.43. The highest BCUT2D eigenvalue weighted by Gasteiger charge is 2.30. The predicted molar refractivity (Wildman–Crippen MR) is 172 cm³/mol. The molecule has 0 spiro atoms. The molecular formula is C36H41N5O3. The van der Waals surface area contributed by atoms with Gasteiger partial charge in [-0.2, -0.15) is 0 Å². The monoisotopic (exact) mass is 591 g/mol. The van der Waals surface area contributed by atoms with E-state index in [1.54, 1.807) is 14.2 Å². The smallest absolute Gasteiger partial charge is 0.237 e. The number of carbonyl (C=O) groups excluding carboxylic acids is 1. The minimum Gasteiger partial charge on any atom is -0.497 e. The van der Waals surface area contributed by atoms with Crippen molar-refractivity contribution >= 4 is 11.5 Å². The first-order chi connectivity index (χ1) is 21.6. The first-order valence-electron chi connectivity index (χ1n) is 15.6. The van der Waals surface area contributed by atoms with Crippen LogP contribution in [0.25, 0.3) is 5.57 Å². The molecule has 6 rings (SSSR count). The van der Waals surface area contributed by atoms with E-state index < -0.39 is 0 Å². The molecule has 4 aromatic rings. The van der Waals surface area contributed by atoms with Gasteiger partial charge in [0, 0.05) is 24.5 Å². The van der Waals surface area contributed by atoms with Crippen molar-refractivity contribution in [1.82, 2.24) is 25.4 Å². The van der Waals surface area contributed by atoms with E-state index in [0.717, 1.165) is 67.4 Å². The molecule has 1 saturated heterocycles. The van der Waals surface area contributed by atoms with E-state index in [0.29, 0.717) is 19.4 Å². The first-order valence-corrected chi connectivity index (χ1v) is 15.6. The van der Waals surface area contributed by atoms with Gasteiger partial charge in [-0.1, -0.05) is 67.1 Å². The number of hydrogen-bond acceptors (Lipinski definition) is 6. The number of piperidine rings is 1. The average molecular weight is 592 g/mol. The van der Waals surface area contributed by atoms with Gasteiger partial charge in [0.2, 0.25) is 5.91 Å². The van der Waals surface area contributed by atoms with E-state index in [9.17, 15) is 4.79 Å². The zero-order chi connectivity index (χ0) is 30.3.